The number of hydrogen-bond acceptors (Lipinski definition) is 2. The predicted octanol–water partition coefficient (Wildman–Crippen LogP) is 3.14. The molecule has 0 spiro atoms. The summed E-state index contributed by atoms with van der Waals surface area (Å²) in [6, 6.07) is 0. The van der Waals surface area contributed by atoms with Crippen LogP contribution < -0.4 is 5.32 Å². The van der Waals surface area contributed by atoms with Crippen LogP contribution in [0, 0.1) is 25.5 Å². The molecule has 1 atom stereocenters. The fourth-order valence-corrected chi connectivity index (χ4v) is 2.47. The summed E-state index contributed by atoms with van der Waals surface area (Å²) in [4.78, 5) is 12.0. The Hall–Kier alpha value is -1.20. The Kier molecular flexibility index (Phi) is 4.60. The van der Waals surface area contributed by atoms with Crippen LogP contribution in [0.25, 0.3) is 0 Å². The molecule has 20 heavy (non-hydrogen) atoms. The van der Waals surface area contributed by atoms with Crippen molar-refractivity contribution in [3.63, 3.8) is 0 Å². The predicted molar refractivity (Wildman–Crippen MR) is 72.1 cm³/mol. The van der Waals surface area contributed by atoms with Crippen LogP contribution in [-0.2, 0) is 4.74 Å². The number of amides is 1. The SMILES string of the molecule is Cc1c(F)c(F)c(C(=O)NCC2CCCO2)c(C)c1Cl. The van der Waals surface area contributed by atoms with Gasteiger partial charge in [-0.1, -0.05) is 11.6 Å². The molecule has 1 aliphatic rings. The molecule has 1 heterocycles. The number of carbonyl (C=O) groups is 1. The Balaban J connectivity index is 2.21. The molecule has 0 aliphatic carbocycles. The highest BCUT2D eigenvalue weighted by molar-refractivity contribution is 6.32. The Labute approximate surface area is 121 Å². The van der Waals surface area contributed by atoms with Gasteiger partial charge in [0, 0.05) is 18.7 Å². The molecule has 1 saturated heterocycles. The van der Waals surface area contributed by atoms with Crippen LogP contribution in [0.15, 0.2) is 0 Å². The van der Waals surface area contributed by atoms with Crippen LogP contribution in [0.1, 0.15) is 34.3 Å². The third-order valence-electron chi connectivity index (χ3n) is 3.52. The monoisotopic (exact) mass is 303 g/mol. The van der Waals surface area contributed by atoms with Crippen LogP contribution in [0.3, 0.4) is 0 Å². The van der Waals surface area contributed by atoms with Crippen molar-refractivity contribution in [1.82, 2.24) is 5.32 Å². The van der Waals surface area contributed by atoms with Gasteiger partial charge in [0.1, 0.15) is 0 Å². The van der Waals surface area contributed by atoms with E-state index in [2.05, 4.69) is 5.32 Å². The number of nitrogens with one attached hydrogen (secondary N) is 1. The molecule has 0 saturated carbocycles. The molecule has 1 unspecified atom stereocenters. The molecular weight excluding hydrogens is 288 g/mol. The summed E-state index contributed by atoms with van der Waals surface area (Å²) in [7, 11) is 0. The second kappa shape index (κ2) is 6.06. The van der Waals surface area contributed by atoms with Gasteiger partial charge in [-0.05, 0) is 32.3 Å². The maximum Gasteiger partial charge on any atom is 0.254 e. The number of ether oxygens (including phenoxy) is 1. The molecule has 2 rings (SSSR count). The van der Waals surface area contributed by atoms with E-state index in [4.69, 9.17) is 16.3 Å². The van der Waals surface area contributed by atoms with E-state index < -0.39 is 17.5 Å². The fourth-order valence-electron chi connectivity index (χ4n) is 2.30. The Morgan fingerprint density at radius 3 is 2.65 bits per heavy atom. The third-order valence-corrected chi connectivity index (χ3v) is 4.08. The number of hydrogen-bond donors (Lipinski definition) is 1. The molecule has 110 valence electrons. The Bertz CT molecular complexity index is 513. The third kappa shape index (κ3) is 2.79. The lowest BCUT2D eigenvalue weighted by Gasteiger charge is -2.15. The van der Waals surface area contributed by atoms with Gasteiger partial charge in [-0.2, -0.15) is 0 Å². The number of carbonyl (C=O) groups excluding carboxylic acids is 1. The molecule has 0 bridgehead atoms. The van der Waals surface area contributed by atoms with Gasteiger partial charge < -0.3 is 10.1 Å². The highest BCUT2D eigenvalue weighted by atomic mass is 35.5. The maximum atomic E-state index is 13.9. The Morgan fingerprint density at radius 1 is 1.35 bits per heavy atom. The van der Waals surface area contributed by atoms with Crippen molar-refractivity contribution in [3.05, 3.63) is 33.3 Å². The second-order valence-corrected chi connectivity index (χ2v) is 5.29. The normalized spacial score (nSPS) is 18.4. The highest BCUT2D eigenvalue weighted by Gasteiger charge is 2.25. The molecule has 6 heteroatoms. The molecule has 1 amide bonds. The number of halogens is 3. The summed E-state index contributed by atoms with van der Waals surface area (Å²) >= 11 is 5.92. The van der Waals surface area contributed by atoms with E-state index in [9.17, 15) is 13.6 Å². The van der Waals surface area contributed by atoms with Gasteiger partial charge >= 0.3 is 0 Å². The first-order chi connectivity index (χ1) is 9.43. The zero-order chi connectivity index (χ0) is 14.9. The average Bonchev–Trinajstić information content (AvgIpc) is 2.94. The van der Waals surface area contributed by atoms with Crippen LogP contribution >= 0.6 is 11.6 Å². The summed E-state index contributed by atoms with van der Waals surface area (Å²) in [6.07, 6.45) is 1.73. The minimum Gasteiger partial charge on any atom is -0.376 e. The second-order valence-electron chi connectivity index (χ2n) is 4.91. The molecule has 1 fully saturated rings. The minimum atomic E-state index is -1.16. The van der Waals surface area contributed by atoms with Gasteiger partial charge in [-0.3, -0.25) is 4.79 Å². The van der Waals surface area contributed by atoms with Crippen molar-refractivity contribution < 1.29 is 18.3 Å². The summed E-state index contributed by atoms with van der Waals surface area (Å²) < 4.78 is 33.0. The lowest BCUT2D eigenvalue weighted by atomic mass is 10.0. The Morgan fingerprint density at radius 2 is 2.05 bits per heavy atom. The molecule has 1 aromatic carbocycles. The lowest BCUT2D eigenvalue weighted by Crippen LogP contribution is -2.33. The maximum absolute atomic E-state index is 13.9. The van der Waals surface area contributed by atoms with E-state index in [-0.39, 0.29) is 34.4 Å². The summed E-state index contributed by atoms with van der Waals surface area (Å²) in [6.45, 7) is 3.82. The summed E-state index contributed by atoms with van der Waals surface area (Å²) in [5.74, 6) is -2.91. The molecule has 1 aromatic rings. The van der Waals surface area contributed by atoms with Gasteiger partial charge in [-0.15, -0.1) is 0 Å². The highest BCUT2D eigenvalue weighted by Crippen LogP contribution is 2.29. The summed E-state index contributed by atoms with van der Waals surface area (Å²) in [5, 5.41) is 2.64. The molecule has 0 radical (unpaired) electrons. The van der Waals surface area contributed by atoms with Gasteiger partial charge in [-0.25, -0.2) is 8.78 Å². The van der Waals surface area contributed by atoms with E-state index in [1.54, 1.807) is 0 Å². The zero-order valence-corrected chi connectivity index (χ0v) is 12.1. The van der Waals surface area contributed by atoms with Crippen molar-refractivity contribution in [2.24, 2.45) is 0 Å². The van der Waals surface area contributed by atoms with Gasteiger partial charge in [0.15, 0.2) is 11.6 Å². The first-order valence-electron chi connectivity index (χ1n) is 6.47. The van der Waals surface area contributed by atoms with E-state index in [0.29, 0.717) is 6.61 Å². The zero-order valence-electron chi connectivity index (χ0n) is 11.4. The average molecular weight is 304 g/mol. The molecular formula is C14H16ClF2NO2. The molecule has 1 N–H and O–H groups in total. The number of benzene rings is 1. The van der Waals surface area contributed by atoms with Crippen LogP contribution in [-0.4, -0.2) is 25.2 Å². The van der Waals surface area contributed by atoms with Crippen molar-refractivity contribution in [1.29, 1.82) is 0 Å². The van der Waals surface area contributed by atoms with Crippen molar-refractivity contribution in [3.8, 4) is 0 Å². The van der Waals surface area contributed by atoms with Gasteiger partial charge in [0.2, 0.25) is 0 Å². The largest absolute Gasteiger partial charge is 0.376 e. The van der Waals surface area contributed by atoms with Gasteiger partial charge in [0.25, 0.3) is 5.91 Å². The lowest BCUT2D eigenvalue weighted by molar-refractivity contribution is 0.0853. The first kappa shape index (κ1) is 15.2. The fraction of sp³-hybridized carbons (Fsp3) is 0.500. The quantitative estimate of drug-likeness (QED) is 0.871. The van der Waals surface area contributed by atoms with Gasteiger partial charge in [0.05, 0.1) is 16.7 Å². The topological polar surface area (TPSA) is 38.3 Å². The molecule has 0 aromatic heterocycles. The molecule has 3 nitrogen and oxygen atoms in total. The van der Waals surface area contributed by atoms with Crippen molar-refractivity contribution in [2.75, 3.05) is 13.2 Å². The number of rotatable bonds is 3. The minimum absolute atomic E-state index is 0.0114. The van der Waals surface area contributed by atoms with E-state index in [1.807, 2.05) is 0 Å². The smallest absolute Gasteiger partial charge is 0.254 e. The van der Waals surface area contributed by atoms with Crippen molar-refractivity contribution >= 4 is 17.5 Å². The van der Waals surface area contributed by atoms with Crippen LogP contribution in [0.5, 0.6) is 0 Å². The van der Waals surface area contributed by atoms with Crippen molar-refractivity contribution in [2.45, 2.75) is 32.8 Å². The van der Waals surface area contributed by atoms with E-state index >= 15 is 0 Å². The first-order valence-corrected chi connectivity index (χ1v) is 6.84. The van der Waals surface area contributed by atoms with Crippen LogP contribution in [0.2, 0.25) is 5.02 Å². The van der Waals surface area contributed by atoms with E-state index in [1.165, 1.54) is 13.8 Å². The standard InChI is InChI=1S/C14H16ClF2NO2/c1-7-10(13(17)12(16)8(2)11(7)15)14(19)18-6-9-4-3-5-20-9/h9H,3-6H2,1-2H3,(H,18,19). The molecule has 1 aliphatic heterocycles. The van der Waals surface area contributed by atoms with E-state index in [0.717, 1.165) is 12.8 Å². The van der Waals surface area contributed by atoms with Crippen LogP contribution in [0.4, 0.5) is 8.78 Å². The summed E-state index contributed by atoms with van der Waals surface area (Å²) in [5.41, 5.74) is -0.0821.